The van der Waals surface area contributed by atoms with Crippen molar-refractivity contribution < 1.29 is 28.5 Å². The third-order valence-electron chi connectivity index (χ3n) is 4.18. The largest absolute Gasteiger partial charge is 0.459 e. The molecule has 2 atom stereocenters. The van der Waals surface area contributed by atoms with Crippen LogP contribution in [0.4, 0.5) is 0 Å². The molecule has 3 rings (SSSR count). The molecule has 6 heteroatoms. The van der Waals surface area contributed by atoms with Crippen LogP contribution in [-0.2, 0) is 18.9 Å². The normalized spacial score (nSPS) is 23.2. The van der Waals surface area contributed by atoms with Crippen molar-refractivity contribution in [2.45, 2.75) is 37.9 Å². The summed E-state index contributed by atoms with van der Waals surface area (Å²) in [5, 5.41) is 0. The van der Waals surface area contributed by atoms with E-state index in [0.29, 0.717) is 24.3 Å². The van der Waals surface area contributed by atoms with E-state index < -0.39 is 11.9 Å². The van der Waals surface area contributed by atoms with Gasteiger partial charge in [-0.05, 0) is 43.9 Å². The molecular formula is C18H22O6. The highest BCUT2D eigenvalue weighted by atomic mass is 16.6. The molecule has 0 aliphatic carbocycles. The second-order valence-electron chi connectivity index (χ2n) is 6.05. The summed E-state index contributed by atoms with van der Waals surface area (Å²) in [7, 11) is 0. The summed E-state index contributed by atoms with van der Waals surface area (Å²) >= 11 is 0. The van der Waals surface area contributed by atoms with Crippen LogP contribution in [0, 0.1) is 0 Å². The minimum atomic E-state index is -0.459. The fraction of sp³-hybridized carbons (Fsp3) is 0.556. The molecule has 2 heterocycles. The predicted molar refractivity (Wildman–Crippen MR) is 85.0 cm³/mol. The average molecular weight is 334 g/mol. The topological polar surface area (TPSA) is 71.1 Å². The van der Waals surface area contributed by atoms with Gasteiger partial charge >= 0.3 is 11.9 Å². The van der Waals surface area contributed by atoms with Crippen molar-refractivity contribution in [3.63, 3.8) is 0 Å². The molecule has 0 amide bonds. The van der Waals surface area contributed by atoms with E-state index in [4.69, 9.17) is 18.9 Å². The van der Waals surface area contributed by atoms with Gasteiger partial charge in [0.05, 0.1) is 23.3 Å². The van der Waals surface area contributed by atoms with E-state index in [1.807, 2.05) is 0 Å². The summed E-state index contributed by atoms with van der Waals surface area (Å²) in [5.74, 6) is -0.918. The van der Waals surface area contributed by atoms with Crippen molar-refractivity contribution in [3.8, 4) is 0 Å². The van der Waals surface area contributed by atoms with Crippen LogP contribution in [0.3, 0.4) is 0 Å². The van der Waals surface area contributed by atoms with E-state index in [0.717, 1.165) is 25.7 Å². The molecular weight excluding hydrogens is 312 g/mol. The molecule has 24 heavy (non-hydrogen) atoms. The van der Waals surface area contributed by atoms with Crippen molar-refractivity contribution in [2.24, 2.45) is 0 Å². The Hall–Kier alpha value is -1.92. The van der Waals surface area contributed by atoms with E-state index in [1.54, 1.807) is 18.2 Å². The van der Waals surface area contributed by atoms with Gasteiger partial charge in [0.2, 0.25) is 0 Å². The monoisotopic (exact) mass is 334 g/mol. The maximum absolute atomic E-state index is 12.1. The molecule has 6 nitrogen and oxygen atoms in total. The summed E-state index contributed by atoms with van der Waals surface area (Å²) in [6, 6.07) is 6.38. The van der Waals surface area contributed by atoms with Crippen LogP contribution in [0.5, 0.6) is 0 Å². The van der Waals surface area contributed by atoms with Crippen LogP contribution in [0.15, 0.2) is 24.3 Å². The van der Waals surface area contributed by atoms with Gasteiger partial charge in [0.15, 0.2) is 0 Å². The van der Waals surface area contributed by atoms with Crippen molar-refractivity contribution in [1.82, 2.24) is 0 Å². The minimum Gasteiger partial charge on any atom is -0.459 e. The number of rotatable bonds is 6. The molecule has 2 fully saturated rings. The van der Waals surface area contributed by atoms with Gasteiger partial charge in [0.25, 0.3) is 0 Å². The highest BCUT2D eigenvalue weighted by Crippen LogP contribution is 2.15. The zero-order valence-corrected chi connectivity index (χ0v) is 13.6. The molecule has 0 bridgehead atoms. The Bertz CT molecular complexity index is 525. The Morgan fingerprint density at radius 2 is 1.42 bits per heavy atom. The molecule has 1 aromatic rings. The molecule has 1 aromatic carbocycles. The van der Waals surface area contributed by atoms with Gasteiger partial charge in [-0.3, -0.25) is 0 Å². The lowest BCUT2D eigenvalue weighted by Crippen LogP contribution is -2.19. The quantitative estimate of drug-likeness (QED) is 0.744. The molecule has 0 saturated carbocycles. The van der Waals surface area contributed by atoms with Crippen molar-refractivity contribution in [3.05, 3.63) is 35.4 Å². The molecule has 130 valence electrons. The number of esters is 2. The summed E-state index contributed by atoms with van der Waals surface area (Å²) < 4.78 is 21.3. The third kappa shape index (κ3) is 4.55. The maximum atomic E-state index is 12.1. The first-order valence-electron chi connectivity index (χ1n) is 8.40. The summed E-state index contributed by atoms with van der Waals surface area (Å²) in [6.07, 6.45) is 3.76. The van der Waals surface area contributed by atoms with E-state index in [9.17, 15) is 9.59 Å². The maximum Gasteiger partial charge on any atom is 0.338 e. The molecule has 0 N–H and O–H groups in total. The lowest BCUT2D eigenvalue weighted by Gasteiger charge is -2.12. The fourth-order valence-corrected chi connectivity index (χ4v) is 2.83. The second kappa shape index (κ2) is 8.26. The van der Waals surface area contributed by atoms with Crippen LogP contribution in [0.2, 0.25) is 0 Å². The highest BCUT2D eigenvalue weighted by molar-refractivity contribution is 5.95. The smallest absolute Gasteiger partial charge is 0.338 e. The van der Waals surface area contributed by atoms with Gasteiger partial charge < -0.3 is 18.9 Å². The number of carbonyl (C=O) groups is 2. The van der Waals surface area contributed by atoms with Crippen LogP contribution in [-0.4, -0.2) is 50.6 Å². The molecule has 2 unspecified atom stereocenters. The second-order valence-corrected chi connectivity index (χ2v) is 6.05. The van der Waals surface area contributed by atoms with Gasteiger partial charge in [-0.15, -0.1) is 0 Å². The van der Waals surface area contributed by atoms with Gasteiger partial charge in [0.1, 0.15) is 13.2 Å². The average Bonchev–Trinajstić information content (AvgIpc) is 3.31. The molecule has 0 aromatic heterocycles. The van der Waals surface area contributed by atoms with Gasteiger partial charge in [-0.2, -0.15) is 0 Å². The summed E-state index contributed by atoms with van der Waals surface area (Å²) in [4.78, 5) is 24.2. The molecule has 2 aliphatic rings. The van der Waals surface area contributed by atoms with Crippen molar-refractivity contribution in [2.75, 3.05) is 26.4 Å². The van der Waals surface area contributed by atoms with E-state index in [2.05, 4.69) is 0 Å². The summed E-state index contributed by atoms with van der Waals surface area (Å²) in [6.45, 7) is 1.92. The Balaban J connectivity index is 1.52. The van der Waals surface area contributed by atoms with Crippen molar-refractivity contribution >= 4 is 11.9 Å². The number of benzene rings is 1. The molecule has 2 saturated heterocycles. The number of hydrogen-bond acceptors (Lipinski definition) is 6. The number of hydrogen-bond donors (Lipinski definition) is 0. The van der Waals surface area contributed by atoms with E-state index >= 15 is 0 Å². The lowest BCUT2D eigenvalue weighted by molar-refractivity contribution is 0.0156. The molecule has 2 aliphatic heterocycles. The summed E-state index contributed by atoms with van der Waals surface area (Å²) in [5.41, 5.74) is 0.666. The standard InChI is InChI=1S/C18H22O6/c19-17(23-11-15-6-2-8-21-15)13-4-1-5-14(10-13)18(20)24-12-16-7-3-9-22-16/h1,4-5,10,15-16H,2-3,6-9,11-12H2. The van der Waals surface area contributed by atoms with Gasteiger partial charge in [0, 0.05) is 13.2 Å². The van der Waals surface area contributed by atoms with E-state index in [-0.39, 0.29) is 25.4 Å². The Labute approximate surface area is 141 Å². The SMILES string of the molecule is O=C(OCC1CCCO1)c1cccc(C(=O)OCC2CCCO2)c1. The Kier molecular flexibility index (Phi) is 5.82. The minimum absolute atomic E-state index is 0.0199. The first kappa shape index (κ1) is 16.9. The zero-order valence-electron chi connectivity index (χ0n) is 13.6. The predicted octanol–water partition coefficient (Wildman–Crippen LogP) is 2.36. The molecule has 0 radical (unpaired) electrons. The van der Waals surface area contributed by atoms with Crippen LogP contribution < -0.4 is 0 Å². The first-order valence-corrected chi connectivity index (χ1v) is 8.40. The number of carbonyl (C=O) groups excluding carboxylic acids is 2. The van der Waals surface area contributed by atoms with Crippen LogP contribution >= 0.6 is 0 Å². The third-order valence-corrected chi connectivity index (χ3v) is 4.18. The Morgan fingerprint density at radius 1 is 0.917 bits per heavy atom. The highest BCUT2D eigenvalue weighted by Gasteiger charge is 2.20. The van der Waals surface area contributed by atoms with Gasteiger partial charge in [-0.25, -0.2) is 9.59 Å². The lowest BCUT2D eigenvalue weighted by atomic mass is 10.1. The zero-order chi connectivity index (χ0) is 16.8. The van der Waals surface area contributed by atoms with Crippen LogP contribution in [0.1, 0.15) is 46.4 Å². The molecule has 0 spiro atoms. The Morgan fingerprint density at radius 3 is 1.83 bits per heavy atom. The number of ether oxygens (including phenoxy) is 4. The fourth-order valence-electron chi connectivity index (χ4n) is 2.83. The van der Waals surface area contributed by atoms with Gasteiger partial charge in [-0.1, -0.05) is 6.07 Å². The van der Waals surface area contributed by atoms with E-state index in [1.165, 1.54) is 6.07 Å². The van der Waals surface area contributed by atoms with Crippen molar-refractivity contribution in [1.29, 1.82) is 0 Å². The van der Waals surface area contributed by atoms with Crippen LogP contribution in [0.25, 0.3) is 0 Å². The first-order chi connectivity index (χ1) is 11.7.